The van der Waals surface area contributed by atoms with Gasteiger partial charge in [0.15, 0.2) is 0 Å². The number of allylic oxidation sites excluding steroid dienone is 2. The fraction of sp³-hybridized carbons (Fsp3) is 0.125. The van der Waals surface area contributed by atoms with Crippen LogP contribution in [0.2, 0.25) is 0 Å². The summed E-state index contributed by atoms with van der Waals surface area (Å²) < 4.78 is 0. The first-order valence-electron chi connectivity index (χ1n) is 5.91. The zero-order valence-electron chi connectivity index (χ0n) is 10.3. The molecule has 0 N–H and O–H groups in total. The molecule has 0 saturated carbocycles. The molecule has 2 aromatic rings. The molecule has 0 aliphatic rings. The number of benzene rings is 1. The van der Waals surface area contributed by atoms with Gasteiger partial charge in [0.05, 0.1) is 0 Å². The van der Waals surface area contributed by atoms with E-state index in [0.29, 0.717) is 0 Å². The van der Waals surface area contributed by atoms with Gasteiger partial charge in [-0.2, -0.15) is 0 Å². The Kier molecular flexibility index (Phi) is 4.02. The number of hydrogen-bond donors (Lipinski definition) is 0. The summed E-state index contributed by atoms with van der Waals surface area (Å²) in [6.07, 6.45) is 7.15. The van der Waals surface area contributed by atoms with Gasteiger partial charge in [-0.05, 0) is 42.2 Å². The second-order valence-corrected chi connectivity index (χ2v) is 4.15. The molecule has 0 atom stereocenters. The minimum Gasteiger partial charge on any atom is -0.298 e. The summed E-state index contributed by atoms with van der Waals surface area (Å²) in [6.45, 7) is 2.01. The molecular formula is C16H15NO. The summed E-state index contributed by atoms with van der Waals surface area (Å²) in [5.41, 5.74) is 4.01. The molecule has 0 aliphatic heterocycles. The number of aldehydes is 1. The predicted molar refractivity (Wildman–Crippen MR) is 73.2 cm³/mol. The standard InChI is InChI=1S/C16H15NO/c1-13-4-2-3-5-16(13)15(12-18)7-6-14-8-10-17-11-9-14/h2-5,7-12H,6H2,1H3. The van der Waals surface area contributed by atoms with E-state index < -0.39 is 0 Å². The Labute approximate surface area is 107 Å². The van der Waals surface area contributed by atoms with Crippen molar-refractivity contribution in [3.8, 4) is 0 Å². The number of nitrogens with zero attached hydrogens (tertiary/aromatic N) is 1. The molecule has 2 heteroatoms. The average Bonchev–Trinajstić information content (AvgIpc) is 2.42. The summed E-state index contributed by atoms with van der Waals surface area (Å²) in [5, 5.41) is 0. The first kappa shape index (κ1) is 12.2. The highest BCUT2D eigenvalue weighted by molar-refractivity contribution is 6.07. The van der Waals surface area contributed by atoms with E-state index in [2.05, 4.69) is 4.98 Å². The molecule has 0 saturated heterocycles. The maximum Gasteiger partial charge on any atom is 0.150 e. The van der Waals surface area contributed by atoms with Gasteiger partial charge in [0.1, 0.15) is 6.29 Å². The number of aryl methyl sites for hydroxylation is 1. The van der Waals surface area contributed by atoms with Crippen LogP contribution < -0.4 is 0 Å². The molecule has 18 heavy (non-hydrogen) atoms. The first-order chi connectivity index (χ1) is 8.81. The summed E-state index contributed by atoms with van der Waals surface area (Å²) in [5.74, 6) is 0. The van der Waals surface area contributed by atoms with Gasteiger partial charge in [-0.25, -0.2) is 0 Å². The maximum absolute atomic E-state index is 11.2. The van der Waals surface area contributed by atoms with E-state index in [1.165, 1.54) is 0 Å². The van der Waals surface area contributed by atoms with E-state index in [4.69, 9.17) is 0 Å². The van der Waals surface area contributed by atoms with Gasteiger partial charge in [0, 0.05) is 18.0 Å². The SMILES string of the molecule is Cc1ccccc1C(C=O)=CCc1ccncc1. The lowest BCUT2D eigenvalue weighted by Crippen LogP contribution is -1.91. The molecule has 2 rings (SSSR count). The van der Waals surface area contributed by atoms with Crippen molar-refractivity contribution in [3.63, 3.8) is 0 Å². The maximum atomic E-state index is 11.2. The number of hydrogen-bond acceptors (Lipinski definition) is 2. The molecule has 1 heterocycles. The van der Waals surface area contributed by atoms with E-state index in [9.17, 15) is 4.79 Å². The van der Waals surface area contributed by atoms with Gasteiger partial charge in [-0.15, -0.1) is 0 Å². The third-order valence-electron chi connectivity index (χ3n) is 2.89. The van der Waals surface area contributed by atoms with E-state index in [1.54, 1.807) is 12.4 Å². The average molecular weight is 237 g/mol. The Morgan fingerprint density at radius 3 is 2.56 bits per heavy atom. The number of rotatable bonds is 4. The van der Waals surface area contributed by atoms with Crippen LogP contribution in [0.3, 0.4) is 0 Å². The lowest BCUT2D eigenvalue weighted by atomic mass is 10.00. The minimum atomic E-state index is 0.741. The summed E-state index contributed by atoms with van der Waals surface area (Å²) >= 11 is 0. The highest BCUT2D eigenvalue weighted by atomic mass is 16.1. The topological polar surface area (TPSA) is 30.0 Å². The van der Waals surface area contributed by atoms with Crippen molar-refractivity contribution >= 4 is 11.9 Å². The third-order valence-corrected chi connectivity index (χ3v) is 2.89. The Morgan fingerprint density at radius 1 is 1.17 bits per heavy atom. The highest BCUT2D eigenvalue weighted by Crippen LogP contribution is 2.17. The highest BCUT2D eigenvalue weighted by Gasteiger charge is 2.02. The van der Waals surface area contributed by atoms with E-state index in [0.717, 1.165) is 35.0 Å². The molecule has 0 spiro atoms. The summed E-state index contributed by atoms with van der Waals surface area (Å²) in [6, 6.07) is 11.8. The van der Waals surface area contributed by atoms with Crippen LogP contribution in [0.1, 0.15) is 16.7 Å². The summed E-state index contributed by atoms with van der Waals surface area (Å²) in [4.78, 5) is 15.2. The van der Waals surface area contributed by atoms with Crippen molar-refractivity contribution in [2.45, 2.75) is 13.3 Å². The lowest BCUT2D eigenvalue weighted by Gasteiger charge is -2.04. The molecule has 1 aromatic heterocycles. The van der Waals surface area contributed by atoms with E-state index >= 15 is 0 Å². The molecule has 0 radical (unpaired) electrons. The van der Waals surface area contributed by atoms with Crippen LogP contribution in [0, 0.1) is 6.92 Å². The van der Waals surface area contributed by atoms with Crippen molar-refractivity contribution in [2.75, 3.05) is 0 Å². The molecule has 0 unspecified atom stereocenters. The summed E-state index contributed by atoms with van der Waals surface area (Å²) in [7, 11) is 0. The minimum absolute atomic E-state index is 0.741. The molecule has 1 aromatic carbocycles. The Hall–Kier alpha value is -2.22. The van der Waals surface area contributed by atoms with Crippen LogP contribution in [-0.4, -0.2) is 11.3 Å². The number of carbonyl (C=O) groups is 1. The second-order valence-electron chi connectivity index (χ2n) is 4.15. The molecule has 0 bridgehead atoms. The number of pyridine rings is 1. The van der Waals surface area contributed by atoms with Crippen LogP contribution in [0.15, 0.2) is 54.9 Å². The fourth-order valence-electron chi connectivity index (χ4n) is 1.87. The normalized spacial score (nSPS) is 11.3. The molecule has 0 fully saturated rings. The molecular weight excluding hydrogens is 222 g/mol. The largest absolute Gasteiger partial charge is 0.298 e. The van der Waals surface area contributed by atoms with Gasteiger partial charge in [-0.1, -0.05) is 30.3 Å². The van der Waals surface area contributed by atoms with E-state index in [-0.39, 0.29) is 0 Å². The van der Waals surface area contributed by atoms with Gasteiger partial charge < -0.3 is 0 Å². The number of aromatic nitrogens is 1. The number of carbonyl (C=O) groups excluding carboxylic acids is 1. The Morgan fingerprint density at radius 2 is 1.89 bits per heavy atom. The van der Waals surface area contributed by atoms with E-state index in [1.807, 2.05) is 49.4 Å². The molecule has 90 valence electrons. The van der Waals surface area contributed by atoms with Crippen LogP contribution >= 0.6 is 0 Å². The first-order valence-corrected chi connectivity index (χ1v) is 5.91. The lowest BCUT2D eigenvalue weighted by molar-refractivity contribution is -0.103. The molecule has 0 aliphatic carbocycles. The van der Waals surface area contributed by atoms with Crippen molar-refractivity contribution < 1.29 is 4.79 Å². The van der Waals surface area contributed by atoms with Crippen molar-refractivity contribution in [3.05, 3.63) is 71.6 Å². The van der Waals surface area contributed by atoms with Crippen molar-refractivity contribution in [2.24, 2.45) is 0 Å². The van der Waals surface area contributed by atoms with Crippen LogP contribution in [0.25, 0.3) is 5.57 Å². The zero-order valence-corrected chi connectivity index (χ0v) is 10.3. The molecule has 2 nitrogen and oxygen atoms in total. The van der Waals surface area contributed by atoms with Gasteiger partial charge in [0.25, 0.3) is 0 Å². The monoisotopic (exact) mass is 237 g/mol. The quantitative estimate of drug-likeness (QED) is 0.603. The third kappa shape index (κ3) is 2.92. The smallest absolute Gasteiger partial charge is 0.150 e. The van der Waals surface area contributed by atoms with Gasteiger partial charge >= 0.3 is 0 Å². The Balaban J connectivity index is 2.24. The van der Waals surface area contributed by atoms with Gasteiger partial charge in [0.2, 0.25) is 0 Å². The fourth-order valence-corrected chi connectivity index (χ4v) is 1.87. The van der Waals surface area contributed by atoms with Crippen molar-refractivity contribution in [1.82, 2.24) is 4.98 Å². The van der Waals surface area contributed by atoms with Crippen molar-refractivity contribution in [1.29, 1.82) is 0 Å². The van der Waals surface area contributed by atoms with Crippen LogP contribution in [-0.2, 0) is 11.2 Å². The Bertz CT molecular complexity index is 558. The second kappa shape index (κ2) is 5.92. The van der Waals surface area contributed by atoms with Crippen LogP contribution in [0.4, 0.5) is 0 Å². The van der Waals surface area contributed by atoms with Gasteiger partial charge in [-0.3, -0.25) is 9.78 Å². The van der Waals surface area contributed by atoms with Crippen LogP contribution in [0.5, 0.6) is 0 Å². The molecule has 0 amide bonds. The predicted octanol–water partition coefficient (Wildman–Crippen LogP) is 3.22. The zero-order chi connectivity index (χ0) is 12.8.